The number of ether oxygens (including phenoxy) is 1. The predicted molar refractivity (Wildman–Crippen MR) is 107 cm³/mol. The smallest absolute Gasteiger partial charge is 0.681 e. The van der Waals surface area contributed by atoms with Gasteiger partial charge in [0, 0.05) is 42.4 Å². The van der Waals surface area contributed by atoms with Crippen molar-refractivity contribution in [1.82, 2.24) is 4.57 Å². The van der Waals surface area contributed by atoms with Crippen LogP contribution in [0.5, 0.6) is 5.75 Å². The van der Waals surface area contributed by atoms with Crippen LogP contribution >= 0.6 is 0 Å². The molecule has 0 aliphatic carbocycles. The summed E-state index contributed by atoms with van der Waals surface area (Å²) in [6, 6.07) is 13.5. The van der Waals surface area contributed by atoms with Gasteiger partial charge in [0.05, 0.1) is 29.9 Å². The molecule has 28 heavy (non-hydrogen) atoms. The van der Waals surface area contributed by atoms with Crippen molar-refractivity contribution in [3.63, 3.8) is 0 Å². The Balaban J connectivity index is 0.00000225. The maximum atomic E-state index is 12.4. The molecule has 136 valence electrons. The number of nitrogens with zero attached hydrogens (tertiary/aromatic N) is 4. The van der Waals surface area contributed by atoms with E-state index in [-0.39, 0.29) is 35.1 Å². The van der Waals surface area contributed by atoms with Crippen molar-refractivity contribution in [2.75, 3.05) is 25.1 Å². The average molecular weight is 382 g/mol. The fourth-order valence-corrected chi connectivity index (χ4v) is 3.60. The van der Waals surface area contributed by atoms with Crippen molar-refractivity contribution in [3.05, 3.63) is 63.2 Å². The Kier molecular flexibility index (Phi) is 5.71. The normalized spacial score (nSPS) is 12.6. The first-order valence-electron chi connectivity index (χ1n) is 8.71. The van der Waals surface area contributed by atoms with Gasteiger partial charge in [-0.15, -0.1) is 12.2 Å². The van der Waals surface area contributed by atoms with Crippen LogP contribution in [0.15, 0.2) is 41.2 Å². The van der Waals surface area contributed by atoms with Crippen molar-refractivity contribution >= 4 is 28.0 Å². The summed E-state index contributed by atoms with van der Waals surface area (Å²) in [6.45, 7) is 3.16. The van der Waals surface area contributed by atoms with E-state index in [9.17, 15) is 10.1 Å². The van der Waals surface area contributed by atoms with Gasteiger partial charge in [0.1, 0.15) is 5.75 Å². The molecular formula is C21H19N4NaO2. The summed E-state index contributed by atoms with van der Waals surface area (Å²) in [4.78, 5) is 14.6. The number of aryl methyl sites for hydroxylation is 2. The number of anilines is 2. The van der Waals surface area contributed by atoms with E-state index in [1.807, 2.05) is 37.3 Å². The quantitative estimate of drug-likeness (QED) is 0.617. The van der Waals surface area contributed by atoms with Crippen LogP contribution in [0.2, 0.25) is 0 Å². The van der Waals surface area contributed by atoms with Gasteiger partial charge in [0.2, 0.25) is 0 Å². The molecular weight excluding hydrogens is 363 g/mol. The molecule has 0 spiro atoms. The van der Waals surface area contributed by atoms with Gasteiger partial charge >= 0.3 is 29.6 Å². The van der Waals surface area contributed by atoms with Crippen LogP contribution in [0.25, 0.3) is 16.2 Å². The molecule has 3 aromatic rings. The number of hydrogen-bond donors (Lipinski definition) is 0. The third kappa shape index (κ3) is 3.26. The number of nitriles is 1. The van der Waals surface area contributed by atoms with Crippen LogP contribution in [0.1, 0.15) is 11.1 Å². The van der Waals surface area contributed by atoms with Gasteiger partial charge in [0.15, 0.2) is 0 Å². The second-order valence-electron chi connectivity index (χ2n) is 6.62. The number of benzene rings is 2. The molecule has 1 aliphatic rings. The topological polar surface area (TPSA) is 72.4 Å². The fraction of sp³-hybridized carbons (Fsp3) is 0.238. The Morgan fingerprint density at radius 3 is 2.68 bits per heavy atom. The van der Waals surface area contributed by atoms with E-state index in [0.29, 0.717) is 30.0 Å². The first kappa shape index (κ1) is 20.3. The number of hydrogen-bond acceptors (Lipinski definition) is 4. The second kappa shape index (κ2) is 7.88. The van der Waals surface area contributed by atoms with E-state index in [0.717, 1.165) is 28.0 Å². The van der Waals surface area contributed by atoms with Gasteiger partial charge in [-0.2, -0.15) is 5.26 Å². The number of methoxy groups -OCH3 is 1. The molecule has 1 aromatic heterocycles. The maximum Gasteiger partial charge on any atom is 1.00 e. The van der Waals surface area contributed by atoms with Gasteiger partial charge in [-0.05, 0) is 25.1 Å². The molecule has 2 heterocycles. The standard InChI is InChI=1S/C21H19N4O2.Na/c1-13-8-16-18(24(2)21(13)26)10-15(27-3)11-19(16)25-7-6-23-17-5-4-14(12-22)9-20(17)25;/h4-5,8-11H,6-7H2,1-3H3;/q-1;+1. The van der Waals surface area contributed by atoms with Gasteiger partial charge in [-0.25, -0.2) is 0 Å². The zero-order chi connectivity index (χ0) is 19.1. The number of fused-ring (bicyclic) bond motifs is 2. The van der Waals surface area contributed by atoms with Crippen molar-refractivity contribution in [2.24, 2.45) is 7.05 Å². The number of pyridine rings is 1. The fourth-order valence-electron chi connectivity index (χ4n) is 3.60. The van der Waals surface area contributed by atoms with Crippen molar-refractivity contribution < 1.29 is 34.3 Å². The van der Waals surface area contributed by atoms with E-state index in [4.69, 9.17) is 4.74 Å². The van der Waals surface area contributed by atoms with Gasteiger partial charge in [-0.1, -0.05) is 6.07 Å². The summed E-state index contributed by atoms with van der Waals surface area (Å²) in [6.07, 6.45) is 0. The monoisotopic (exact) mass is 382 g/mol. The van der Waals surface area contributed by atoms with E-state index < -0.39 is 0 Å². The Hall–Kier alpha value is -2.46. The Morgan fingerprint density at radius 2 is 1.96 bits per heavy atom. The molecule has 2 aromatic carbocycles. The molecule has 4 rings (SSSR count). The summed E-state index contributed by atoms with van der Waals surface area (Å²) in [7, 11) is 3.39. The molecule has 7 heteroatoms. The van der Waals surface area contributed by atoms with E-state index in [1.54, 1.807) is 24.8 Å². The minimum Gasteiger partial charge on any atom is -0.681 e. The summed E-state index contributed by atoms with van der Waals surface area (Å²) in [5, 5.41) is 14.8. The van der Waals surface area contributed by atoms with Crippen LogP contribution in [0.4, 0.5) is 17.1 Å². The SMILES string of the molecule is COc1cc(N2CC[N-]c3ccc(C#N)cc32)c2cc(C)c(=O)n(C)c2c1.[Na+]. The first-order chi connectivity index (χ1) is 13.0. The molecule has 0 radical (unpaired) electrons. The van der Waals surface area contributed by atoms with Crippen molar-refractivity contribution in [1.29, 1.82) is 5.26 Å². The van der Waals surface area contributed by atoms with Gasteiger partial charge < -0.3 is 19.5 Å². The number of aromatic nitrogens is 1. The van der Waals surface area contributed by atoms with E-state index >= 15 is 0 Å². The summed E-state index contributed by atoms with van der Waals surface area (Å²) >= 11 is 0. The van der Waals surface area contributed by atoms with Gasteiger partial charge in [-0.3, -0.25) is 4.79 Å². The first-order valence-corrected chi connectivity index (χ1v) is 8.71. The molecule has 0 atom stereocenters. The molecule has 0 saturated heterocycles. The molecule has 0 fully saturated rings. The number of rotatable bonds is 2. The molecule has 0 unspecified atom stereocenters. The minimum atomic E-state index is -0.0254. The summed E-state index contributed by atoms with van der Waals surface area (Å²) in [5.41, 5.74) is 4.74. The molecule has 0 bridgehead atoms. The Bertz CT molecular complexity index is 1160. The van der Waals surface area contributed by atoms with Crippen molar-refractivity contribution in [2.45, 2.75) is 6.92 Å². The zero-order valence-electron chi connectivity index (χ0n) is 16.5. The Morgan fingerprint density at radius 1 is 1.18 bits per heavy atom. The largest absolute Gasteiger partial charge is 1.00 e. The average Bonchev–Trinajstić information content (AvgIpc) is 2.70. The Labute approximate surface area is 185 Å². The second-order valence-corrected chi connectivity index (χ2v) is 6.62. The van der Waals surface area contributed by atoms with Crippen LogP contribution in [-0.2, 0) is 7.05 Å². The third-order valence-corrected chi connectivity index (χ3v) is 5.00. The zero-order valence-corrected chi connectivity index (χ0v) is 18.5. The molecule has 1 aliphatic heterocycles. The van der Waals surface area contributed by atoms with Crippen LogP contribution in [0.3, 0.4) is 0 Å². The minimum absolute atomic E-state index is 0. The predicted octanol–water partition coefficient (Wildman–Crippen LogP) is 0.888. The van der Waals surface area contributed by atoms with Gasteiger partial charge in [0.25, 0.3) is 5.56 Å². The molecule has 6 nitrogen and oxygen atoms in total. The summed E-state index contributed by atoms with van der Waals surface area (Å²) in [5.74, 6) is 0.678. The van der Waals surface area contributed by atoms with Crippen LogP contribution in [0, 0.1) is 18.3 Å². The van der Waals surface area contributed by atoms with Crippen LogP contribution < -0.4 is 44.8 Å². The maximum absolute atomic E-state index is 12.4. The summed E-state index contributed by atoms with van der Waals surface area (Å²) < 4.78 is 7.14. The molecule has 0 N–H and O–H groups in total. The molecule has 0 amide bonds. The van der Waals surface area contributed by atoms with Crippen LogP contribution in [-0.4, -0.2) is 24.8 Å². The third-order valence-electron chi connectivity index (χ3n) is 5.00. The molecule has 0 saturated carbocycles. The van der Waals surface area contributed by atoms with E-state index in [1.165, 1.54) is 0 Å². The van der Waals surface area contributed by atoms with E-state index in [2.05, 4.69) is 16.3 Å². The van der Waals surface area contributed by atoms with Crippen molar-refractivity contribution in [3.8, 4) is 11.8 Å².